The second kappa shape index (κ2) is 8.91. The van der Waals surface area contributed by atoms with Crippen LogP contribution in [0.4, 0.5) is 0 Å². The quantitative estimate of drug-likeness (QED) is 0.393. The Morgan fingerprint density at radius 3 is 2.89 bits per heavy atom. The number of amides is 1. The molecule has 0 aromatic heterocycles. The summed E-state index contributed by atoms with van der Waals surface area (Å²) in [6.45, 7) is 10.3. The lowest BCUT2D eigenvalue weighted by Gasteiger charge is -2.15. The molecule has 110 valence electrons. The zero-order valence-electron chi connectivity index (χ0n) is 12.4. The van der Waals surface area contributed by atoms with Crippen molar-refractivity contribution in [2.24, 2.45) is 11.1 Å². The molecule has 19 heavy (non-hydrogen) atoms. The van der Waals surface area contributed by atoms with Gasteiger partial charge in [0, 0.05) is 26.1 Å². The zero-order valence-corrected chi connectivity index (χ0v) is 12.4. The van der Waals surface area contributed by atoms with E-state index in [-0.39, 0.29) is 0 Å². The van der Waals surface area contributed by atoms with Gasteiger partial charge in [-0.1, -0.05) is 19.0 Å². The zero-order chi connectivity index (χ0) is 14.1. The van der Waals surface area contributed by atoms with Crippen molar-refractivity contribution in [3.05, 3.63) is 0 Å². The first-order valence-corrected chi connectivity index (χ1v) is 7.26. The van der Waals surface area contributed by atoms with Gasteiger partial charge < -0.3 is 15.1 Å². The predicted octanol–water partition coefficient (Wildman–Crippen LogP) is 1.64. The van der Waals surface area contributed by atoms with Crippen LogP contribution in [0.3, 0.4) is 0 Å². The van der Waals surface area contributed by atoms with E-state index in [1.54, 1.807) is 0 Å². The number of oxime groups is 1. The molecule has 0 radical (unpaired) electrons. The van der Waals surface area contributed by atoms with Crippen LogP contribution >= 0.6 is 0 Å². The van der Waals surface area contributed by atoms with Gasteiger partial charge in [0.15, 0.2) is 0 Å². The molecular weight excluding hydrogens is 242 g/mol. The molecule has 5 heteroatoms. The Hall–Kier alpha value is -1.10. The van der Waals surface area contributed by atoms with Crippen LogP contribution in [-0.4, -0.2) is 49.3 Å². The average Bonchev–Trinajstić information content (AvgIpc) is 2.78. The van der Waals surface area contributed by atoms with Gasteiger partial charge in [-0.05, 0) is 32.2 Å². The van der Waals surface area contributed by atoms with E-state index in [9.17, 15) is 4.79 Å². The lowest BCUT2D eigenvalue weighted by Crippen LogP contribution is -2.29. The molecule has 0 aliphatic carbocycles. The third kappa shape index (κ3) is 6.57. The third-order valence-electron chi connectivity index (χ3n) is 3.37. The summed E-state index contributed by atoms with van der Waals surface area (Å²) in [5, 5.41) is 7.33. The number of nitrogens with one attached hydrogen (secondary N) is 1. The molecule has 0 bridgehead atoms. The van der Waals surface area contributed by atoms with Gasteiger partial charge in [0.25, 0.3) is 0 Å². The molecule has 0 saturated carbocycles. The third-order valence-corrected chi connectivity index (χ3v) is 3.37. The molecule has 1 fully saturated rings. The van der Waals surface area contributed by atoms with Crippen LogP contribution in [0, 0.1) is 5.92 Å². The lowest BCUT2D eigenvalue weighted by atomic mass is 10.1. The summed E-state index contributed by atoms with van der Waals surface area (Å²) in [5.74, 6) is 0.743. The highest BCUT2D eigenvalue weighted by atomic mass is 16.6. The highest BCUT2D eigenvalue weighted by molar-refractivity contribution is 5.83. The molecule has 1 aliphatic rings. The molecular formula is C14H27N3O2. The number of likely N-dealkylation sites (tertiary alicyclic amines) is 1. The Labute approximate surface area is 116 Å². The summed E-state index contributed by atoms with van der Waals surface area (Å²) >= 11 is 0. The SMILES string of the molecule is C/C(=N\OCCNCCCN1CCCC1=O)C(C)C. The second-order valence-corrected chi connectivity index (χ2v) is 5.31. The maximum atomic E-state index is 11.4. The summed E-state index contributed by atoms with van der Waals surface area (Å²) in [4.78, 5) is 18.5. The number of hydrogen-bond acceptors (Lipinski definition) is 4. The van der Waals surface area contributed by atoms with E-state index in [0.717, 1.165) is 51.2 Å². The van der Waals surface area contributed by atoms with E-state index < -0.39 is 0 Å². The fraction of sp³-hybridized carbons (Fsp3) is 0.857. The van der Waals surface area contributed by atoms with Crippen molar-refractivity contribution in [1.29, 1.82) is 0 Å². The van der Waals surface area contributed by atoms with E-state index in [4.69, 9.17) is 4.84 Å². The van der Waals surface area contributed by atoms with Crippen LogP contribution in [0.25, 0.3) is 0 Å². The molecule has 1 N–H and O–H groups in total. The van der Waals surface area contributed by atoms with Crippen LogP contribution in [0.5, 0.6) is 0 Å². The molecule has 5 nitrogen and oxygen atoms in total. The Bertz CT molecular complexity index is 303. The molecule has 1 heterocycles. The number of carbonyl (C=O) groups excluding carboxylic acids is 1. The van der Waals surface area contributed by atoms with Gasteiger partial charge in [0.2, 0.25) is 5.91 Å². The first-order valence-electron chi connectivity index (χ1n) is 7.26. The summed E-state index contributed by atoms with van der Waals surface area (Å²) in [6.07, 6.45) is 2.75. The van der Waals surface area contributed by atoms with Crippen molar-refractivity contribution < 1.29 is 9.63 Å². The molecule has 0 spiro atoms. The van der Waals surface area contributed by atoms with E-state index in [2.05, 4.69) is 24.3 Å². The van der Waals surface area contributed by atoms with Crippen LogP contribution in [0.2, 0.25) is 0 Å². The normalized spacial score (nSPS) is 16.5. The van der Waals surface area contributed by atoms with Crippen molar-refractivity contribution in [2.75, 3.05) is 32.8 Å². The van der Waals surface area contributed by atoms with Crippen molar-refractivity contribution >= 4 is 11.6 Å². The summed E-state index contributed by atoms with van der Waals surface area (Å²) in [5.41, 5.74) is 1.02. The van der Waals surface area contributed by atoms with Crippen molar-refractivity contribution in [1.82, 2.24) is 10.2 Å². The highest BCUT2D eigenvalue weighted by Crippen LogP contribution is 2.09. The van der Waals surface area contributed by atoms with Crippen molar-refractivity contribution in [3.8, 4) is 0 Å². The van der Waals surface area contributed by atoms with E-state index in [0.29, 0.717) is 18.4 Å². The number of rotatable bonds is 9. The number of carbonyl (C=O) groups is 1. The molecule has 0 unspecified atom stereocenters. The first-order chi connectivity index (χ1) is 9.11. The minimum Gasteiger partial charge on any atom is -0.394 e. The Morgan fingerprint density at radius 2 is 2.26 bits per heavy atom. The molecule has 1 rings (SSSR count). The van der Waals surface area contributed by atoms with Crippen molar-refractivity contribution in [3.63, 3.8) is 0 Å². The standard InChI is InChI=1S/C14H27N3O2/c1-12(2)13(3)16-19-11-8-15-7-5-10-17-9-4-6-14(17)18/h12,15H,4-11H2,1-3H3/b16-13+. The summed E-state index contributed by atoms with van der Waals surface area (Å²) in [6, 6.07) is 0. The van der Waals surface area contributed by atoms with Gasteiger partial charge in [-0.2, -0.15) is 0 Å². The van der Waals surface area contributed by atoms with Crippen LogP contribution in [0.1, 0.15) is 40.0 Å². The van der Waals surface area contributed by atoms with E-state index >= 15 is 0 Å². The fourth-order valence-corrected chi connectivity index (χ4v) is 1.83. The minimum atomic E-state index is 0.307. The van der Waals surface area contributed by atoms with Gasteiger partial charge in [-0.3, -0.25) is 4.79 Å². The Balaban J connectivity index is 1.91. The number of nitrogens with zero attached hydrogens (tertiary/aromatic N) is 2. The monoisotopic (exact) mass is 269 g/mol. The Kier molecular flexibility index (Phi) is 7.48. The molecule has 1 amide bonds. The summed E-state index contributed by atoms with van der Waals surface area (Å²) in [7, 11) is 0. The highest BCUT2D eigenvalue weighted by Gasteiger charge is 2.18. The Morgan fingerprint density at radius 1 is 1.47 bits per heavy atom. The van der Waals surface area contributed by atoms with Crippen LogP contribution in [0.15, 0.2) is 5.16 Å². The maximum Gasteiger partial charge on any atom is 0.222 e. The molecule has 0 aromatic rings. The number of hydrogen-bond donors (Lipinski definition) is 1. The molecule has 1 saturated heterocycles. The van der Waals surface area contributed by atoms with Crippen LogP contribution in [-0.2, 0) is 9.63 Å². The van der Waals surface area contributed by atoms with E-state index in [1.807, 2.05) is 11.8 Å². The largest absolute Gasteiger partial charge is 0.394 e. The maximum absolute atomic E-state index is 11.4. The lowest BCUT2D eigenvalue weighted by molar-refractivity contribution is -0.127. The smallest absolute Gasteiger partial charge is 0.222 e. The summed E-state index contributed by atoms with van der Waals surface area (Å²) < 4.78 is 0. The van der Waals surface area contributed by atoms with Gasteiger partial charge in [0.1, 0.15) is 6.61 Å². The molecule has 1 aliphatic heterocycles. The van der Waals surface area contributed by atoms with E-state index in [1.165, 1.54) is 0 Å². The topological polar surface area (TPSA) is 53.9 Å². The van der Waals surface area contributed by atoms with Gasteiger partial charge in [-0.25, -0.2) is 0 Å². The van der Waals surface area contributed by atoms with Gasteiger partial charge in [-0.15, -0.1) is 0 Å². The van der Waals surface area contributed by atoms with Crippen LogP contribution < -0.4 is 5.32 Å². The fourth-order valence-electron chi connectivity index (χ4n) is 1.83. The van der Waals surface area contributed by atoms with Crippen molar-refractivity contribution in [2.45, 2.75) is 40.0 Å². The van der Waals surface area contributed by atoms with Gasteiger partial charge >= 0.3 is 0 Å². The average molecular weight is 269 g/mol. The molecule has 0 aromatic carbocycles. The second-order valence-electron chi connectivity index (χ2n) is 5.31. The first kappa shape index (κ1) is 16.0. The van der Waals surface area contributed by atoms with Gasteiger partial charge in [0.05, 0.1) is 5.71 Å². The predicted molar refractivity (Wildman–Crippen MR) is 77.2 cm³/mol. The molecule has 0 atom stereocenters. The minimum absolute atomic E-state index is 0.307.